The van der Waals surface area contributed by atoms with E-state index >= 15 is 0 Å². The van der Waals surface area contributed by atoms with Crippen molar-refractivity contribution in [1.29, 1.82) is 0 Å². The maximum Gasteiger partial charge on any atom is 0.319 e. The summed E-state index contributed by atoms with van der Waals surface area (Å²) < 4.78 is 31.7. The Kier molecular flexibility index (Phi) is 6.53. The molecule has 1 unspecified atom stereocenters. The van der Waals surface area contributed by atoms with Gasteiger partial charge in [0.1, 0.15) is 17.7 Å². The molecule has 0 aliphatic rings. The topological polar surface area (TPSA) is 68.2 Å². The molecule has 1 heterocycles. The van der Waals surface area contributed by atoms with Gasteiger partial charge in [-0.3, -0.25) is 4.57 Å². The number of carbonyl (C=O) groups is 1. The number of alkyl halides is 2. The molecule has 0 saturated heterocycles. The van der Waals surface area contributed by atoms with E-state index in [9.17, 15) is 13.6 Å². The molecule has 8 heteroatoms. The molecule has 2 N–H and O–H groups in total. The first kappa shape index (κ1) is 17.7. The zero-order chi connectivity index (χ0) is 17.4. The van der Waals surface area contributed by atoms with Crippen molar-refractivity contribution in [2.24, 2.45) is 0 Å². The second-order valence-corrected chi connectivity index (χ2v) is 5.16. The van der Waals surface area contributed by atoms with Gasteiger partial charge in [-0.15, -0.1) is 0 Å². The number of carbonyl (C=O) groups excluding carboxylic acids is 1. The van der Waals surface area contributed by atoms with Gasteiger partial charge in [0, 0.05) is 25.4 Å². The van der Waals surface area contributed by atoms with Gasteiger partial charge >= 0.3 is 12.6 Å². The summed E-state index contributed by atoms with van der Waals surface area (Å²) in [5.74, 6) is 0.956. The number of ether oxygens (including phenoxy) is 1. The number of rotatable bonds is 8. The molecule has 24 heavy (non-hydrogen) atoms. The molecule has 0 aliphatic carbocycles. The number of hydrogen-bond acceptors (Lipinski definition) is 3. The van der Waals surface area contributed by atoms with E-state index in [4.69, 9.17) is 4.74 Å². The van der Waals surface area contributed by atoms with E-state index in [1.165, 1.54) is 12.4 Å². The Labute approximate surface area is 138 Å². The molecular formula is C16H20F2N4O2. The highest BCUT2D eigenvalue weighted by Gasteiger charge is 2.11. The van der Waals surface area contributed by atoms with Gasteiger partial charge in [-0.2, -0.15) is 8.78 Å². The Balaban J connectivity index is 1.65. The molecular weight excluding hydrogens is 318 g/mol. The van der Waals surface area contributed by atoms with Gasteiger partial charge in [0.25, 0.3) is 0 Å². The van der Waals surface area contributed by atoms with Crippen LogP contribution in [0, 0.1) is 0 Å². The molecule has 130 valence electrons. The van der Waals surface area contributed by atoms with Gasteiger partial charge < -0.3 is 15.4 Å². The fraction of sp³-hybridized carbons (Fsp3) is 0.375. The molecule has 2 amide bonds. The monoisotopic (exact) mass is 338 g/mol. The van der Waals surface area contributed by atoms with E-state index in [-0.39, 0.29) is 30.9 Å². The lowest BCUT2D eigenvalue weighted by atomic mass is 10.3. The highest BCUT2D eigenvalue weighted by atomic mass is 19.3. The third-order valence-corrected chi connectivity index (χ3v) is 3.22. The van der Waals surface area contributed by atoms with Crippen molar-refractivity contribution in [3.63, 3.8) is 0 Å². The number of nitrogens with zero attached hydrogens (tertiary/aromatic N) is 2. The standard InChI is InChI=1S/C16H20F2N4O2/c1-12(24-13-5-3-2-4-6-13)11-21-16(23)20-8-7-14-19-9-10-22(14)15(17)18/h2-6,9-10,12,15H,7-8,11H2,1H3,(H2,20,21,23). The number of imidazole rings is 1. The molecule has 0 aliphatic heterocycles. The molecule has 0 spiro atoms. The summed E-state index contributed by atoms with van der Waals surface area (Å²) in [7, 11) is 0. The zero-order valence-electron chi connectivity index (χ0n) is 13.3. The number of amides is 2. The Morgan fingerprint density at radius 2 is 2.04 bits per heavy atom. The lowest BCUT2D eigenvalue weighted by Gasteiger charge is -2.15. The van der Waals surface area contributed by atoms with Crippen molar-refractivity contribution in [3.8, 4) is 5.75 Å². The average Bonchev–Trinajstić information content (AvgIpc) is 3.03. The van der Waals surface area contributed by atoms with Crippen LogP contribution >= 0.6 is 0 Å². The maximum atomic E-state index is 12.6. The van der Waals surface area contributed by atoms with Crippen molar-refractivity contribution < 1.29 is 18.3 Å². The minimum absolute atomic E-state index is 0.198. The third-order valence-electron chi connectivity index (χ3n) is 3.22. The second kappa shape index (κ2) is 8.85. The number of halogens is 2. The van der Waals surface area contributed by atoms with E-state index in [0.717, 1.165) is 10.3 Å². The summed E-state index contributed by atoms with van der Waals surface area (Å²) in [6.45, 7) is -0.255. The molecule has 1 aromatic heterocycles. The molecule has 1 atom stereocenters. The van der Waals surface area contributed by atoms with E-state index < -0.39 is 6.55 Å². The summed E-state index contributed by atoms with van der Waals surface area (Å²) in [5.41, 5.74) is 0. The quantitative estimate of drug-likeness (QED) is 0.777. The van der Waals surface area contributed by atoms with Crippen LogP contribution in [0.3, 0.4) is 0 Å². The largest absolute Gasteiger partial charge is 0.489 e. The van der Waals surface area contributed by atoms with Gasteiger partial charge in [0.05, 0.1) is 6.54 Å². The molecule has 0 fully saturated rings. The number of nitrogens with one attached hydrogen (secondary N) is 2. The van der Waals surface area contributed by atoms with E-state index in [0.29, 0.717) is 6.54 Å². The van der Waals surface area contributed by atoms with Crippen LogP contribution in [0.25, 0.3) is 0 Å². The SMILES string of the molecule is CC(CNC(=O)NCCc1nccn1C(F)F)Oc1ccccc1. The van der Waals surface area contributed by atoms with Gasteiger partial charge in [0.15, 0.2) is 0 Å². The van der Waals surface area contributed by atoms with Crippen LogP contribution in [0.15, 0.2) is 42.7 Å². The first-order valence-electron chi connectivity index (χ1n) is 7.59. The number of para-hydroxylation sites is 1. The average molecular weight is 338 g/mol. The lowest BCUT2D eigenvalue weighted by Crippen LogP contribution is -2.41. The summed E-state index contributed by atoms with van der Waals surface area (Å²) >= 11 is 0. The van der Waals surface area contributed by atoms with E-state index in [1.54, 1.807) is 0 Å². The molecule has 0 bridgehead atoms. The van der Waals surface area contributed by atoms with Crippen LogP contribution in [0.1, 0.15) is 19.3 Å². The van der Waals surface area contributed by atoms with Crippen LogP contribution in [-0.4, -0.2) is 34.8 Å². The van der Waals surface area contributed by atoms with Gasteiger partial charge in [-0.05, 0) is 19.1 Å². The first-order chi connectivity index (χ1) is 11.6. The Bertz CT molecular complexity index is 634. The van der Waals surface area contributed by atoms with Crippen molar-refractivity contribution >= 4 is 6.03 Å². The van der Waals surface area contributed by atoms with Crippen molar-refractivity contribution in [3.05, 3.63) is 48.5 Å². The lowest BCUT2D eigenvalue weighted by molar-refractivity contribution is 0.0670. The highest BCUT2D eigenvalue weighted by molar-refractivity contribution is 5.73. The van der Waals surface area contributed by atoms with Gasteiger partial charge in [-0.25, -0.2) is 9.78 Å². The number of aromatic nitrogens is 2. The van der Waals surface area contributed by atoms with Gasteiger partial charge in [0.2, 0.25) is 0 Å². The van der Waals surface area contributed by atoms with Crippen LogP contribution < -0.4 is 15.4 Å². The zero-order valence-corrected chi connectivity index (χ0v) is 13.3. The predicted octanol–water partition coefficient (Wildman–Crippen LogP) is 2.59. The summed E-state index contributed by atoms with van der Waals surface area (Å²) in [6, 6.07) is 8.91. The fourth-order valence-corrected chi connectivity index (χ4v) is 2.08. The molecule has 0 radical (unpaired) electrons. The Morgan fingerprint density at radius 3 is 2.75 bits per heavy atom. The highest BCUT2D eigenvalue weighted by Crippen LogP contribution is 2.12. The van der Waals surface area contributed by atoms with Gasteiger partial charge in [-0.1, -0.05) is 18.2 Å². The van der Waals surface area contributed by atoms with Crippen molar-refractivity contribution in [2.75, 3.05) is 13.1 Å². The minimum Gasteiger partial charge on any atom is -0.489 e. The third kappa shape index (κ3) is 5.53. The summed E-state index contributed by atoms with van der Waals surface area (Å²) in [4.78, 5) is 15.5. The summed E-state index contributed by atoms with van der Waals surface area (Å²) in [5, 5.41) is 5.27. The van der Waals surface area contributed by atoms with Crippen molar-refractivity contribution in [2.45, 2.75) is 26.0 Å². The van der Waals surface area contributed by atoms with E-state index in [2.05, 4.69) is 15.6 Å². The summed E-state index contributed by atoms with van der Waals surface area (Å²) in [6.07, 6.45) is 2.55. The van der Waals surface area contributed by atoms with Crippen molar-refractivity contribution in [1.82, 2.24) is 20.2 Å². The molecule has 0 saturated carbocycles. The smallest absolute Gasteiger partial charge is 0.319 e. The molecule has 1 aromatic carbocycles. The minimum atomic E-state index is -2.63. The number of benzene rings is 1. The predicted molar refractivity (Wildman–Crippen MR) is 85.1 cm³/mol. The molecule has 2 aromatic rings. The van der Waals surface area contributed by atoms with Crippen LogP contribution in [0.2, 0.25) is 0 Å². The maximum absolute atomic E-state index is 12.6. The van der Waals surface area contributed by atoms with Crippen LogP contribution in [0.5, 0.6) is 5.75 Å². The van der Waals surface area contributed by atoms with Crippen LogP contribution in [-0.2, 0) is 6.42 Å². The Hall–Kier alpha value is -2.64. The van der Waals surface area contributed by atoms with Crippen LogP contribution in [0.4, 0.5) is 13.6 Å². The van der Waals surface area contributed by atoms with E-state index in [1.807, 2.05) is 37.3 Å². The second-order valence-electron chi connectivity index (χ2n) is 5.16. The normalized spacial score (nSPS) is 12.0. The fourth-order valence-electron chi connectivity index (χ4n) is 2.08. The number of urea groups is 1. The number of hydrogen-bond donors (Lipinski definition) is 2. The molecule has 2 rings (SSSR count). The molecule has 6 nitrogen and oxygen atoms in total. The Morgan fingerprint density at radius 1 is 1.29 bits per heavy atom. The first-order valence-corrected chi connectivity index (χ1v) is 7.59.